The first-order valence-corrected chi connectivity index (χ1v) is 10.8. The Hall–Kier alpha value is -3.30. The van der Waals surface area contributed by atoms with Crippen molar-refractivity contribution in [3.63, 3.8) is 0 Å². The van der Waals surface area contributed by atoms with Gasteiger partial charge in [0.2, 0.25) is 23.6 Å². The number of nitrogens with zero attached hydrogens (tertiary/aromatic N) is 1. The summed E-state index contributed by atoms with van der Waals surface area (Å²) in [6.45, 7) is 1.68. The minimum absolute atomic E-state index is 0.0710. The number of primary amides is 1. The number of carbonyl (C=O) groups excluding carboxylic acids is 4. The lowest BCUT2D eigenvalue weighted by Gasteiger charge is -2.29. The number of nitrogens with two attached hydrogens (primary N) is 1. The minimum atomic E-state index is -1.54. The van der Waals surface area contributed by atoms with Gasteiger partial charge in [-0.3, -0.25) is 29.4 Å². The van der Waals surface area contributed by atoms with Crippen LogP contribution in [0.25, 0.3) is 0 Å². The van der Waals surface area contributed by atoms with Crippen LogP contribution in [0.1, 0.15) is 23.1 Å². The molecule has 0 unspecified atom stereocenters. The van der Waals surface area contributed by atoms with Gasteiger partial charge in [0.05, 0.1) is 24.1 Å². The van der Waals surface area contributed by atoms with Gasteiger partial charge in [-0.2, -0.15) is 0 Å². The van der Waals surface area contributed by atoms with Crippen molar-refractivity contribution >= 4 is 40.9 Å². The molecule has 2 aromatic carbocycles. The molecule has 0 aromatic heterocycles. The number of fused-ring (bicyclic) bond motifs is 4. The molecular formula is C23H20ClFN4O4. The van der Waals surface area contributed by atoms with Crippen molar-refractivity contribution in [3.8, 4) is 0 Å². The fourth-order valence-electron chi connectivity index (χ4n) is 5.37. The Balaban J connectivity index is 1.61. The molecular weight excluding hydrogens is 451 g/mol. The van der Waals surface area contributed by atoms with Gasteiger partial charge in [-0.25, -0.2) is 4.39 Å². The van der Waals surface area contributed by atoms with Crippen LogP contribution in [0.2, 0.25) is 5.02 Å². The number of carbonyl (C=O) groups is 4. The monoisotopic (exact) mass is 470 g/mol. The van der Waals surface area contributed by atoms with E-state index in [2.05, 4.69) is 10.6 Å². The number of benzene rings is 2. The molecule has 3 heterocycles. The molecule has 5 rings (SSSR count). The van der Waals surface area contributed by atoms with Gasteiger partial charge in [0.15, 0.2) is 0 Å². The molecule has 2 aromatic rings. The van der Waals surface area contributed by atoms with E-state index < -0.39 is 52.9 Å². The third-order valence-corrected chi connectivity index (χ3v) is 7.26. The Labute approximate surface area is 193 Å². The summed E-state index contributed by atoms with van der Waals surface area (Å²) in [7, 11) is 0. The third-order valence-electron chi connectivity index (χ3n) is 6.85. The molecule has 8 nitrogen and oxygen atoms in total. The zero-order valence-corrected chi connectivity index (χ0v) is 18.3. The van der Waals surface area contributed by atoms with Crippen LogP contribution < -0.4 is 16.4 Å². The van der Waals surface area contributed by atoms with Crippen LogP contribution in [0.15, 0.2) is 36.4 Å². The fraction of sp³-hybridized carbons (Fsp3) is 0.304. The topological polar surface area (TPSA) is 122 Å². The Morgan fingerprint density at radius 2 is 1.85 bits per heavy atom. The van der Waals surface area contributed by atoms with E-state index in [0.29, 0.717) is 27.4 Å². The lowest BCUT2D eigenvalue weighted by Crippen LogP contribution is -2.53. The van der Waals surface area contributed by atoms with Gasteiger partial charge in [-0.15, -0.1) is 0 Å². The Kier molecular flexibility index (Phi) is 4.80. The van der Waals surface area contributed by atoms with Crippen molar-refractivity contribution in [1.29, 1.82) is 0 Å². The van der Waals surface area contributed by atoms with E-state index >= 15 is 0 Å². The lowest BCUT2D eigenvalue weighted by atomic mass is 9.76. The van der Waals surface area contributed by atoms with Gasteiger partial charge >= 0.3 is 0 Å². The molecule has 0 saturated carbocycles. The van der Waals surface area contributed by atoms with E-state index in [9.17, 15) is 23.6 Å². The number of nitrogens with one attached hydrogen (secondary N) is 2. The highest BCUT2D eigenvalue weighted by atomic mass is 35.5. The summed E-state index contributed by atoms with van der Waals surface area (Å²) in [4.78, 5) is 53.3. The second kappa shape index (κ2) is 7.36. The van der Waals surface area contributed by atoms with Crippen molar-refractivity contribution in [1.82, 2.24) is 10.2 Å². The van der Waals surface area contributed by atoms with E-state index in [1.54, 1.807) is 19.1 Å². The highest BCUT2D eigenvalue weighted by molar-refractivity contribution is 6.32. The average molecular weight is 471 g/mol. The second-order valence-corrected chi connectivity index (χ2v) is 9.08. The molecule has 3 aliphatic heterocycles. The SMILES string of the molecule is Cc1c(Cl)ccc2c1NC(=O)[C@]21N[C@H](CC(N)=O)[C@H]2C(=O)N(Cc3ccc(F)cc3)C(=O)[C@H]21. The summed E-state index contributed by atoms with van der Waals surface area (Å²) in [5.74, 6) is -4.66. The maximum absolute atomic E-state index is 13.6. The molecule has 1 spiro atoms. The van der Waals surface area contributed by atoms with Crippen molar-refractivity contribution < 1.29 is 23.6 Å². The van der Waals surface area contributed by atoms with Crippen LogP contribution in [0.3, 0.4) is 0 Å². The number of anilines is 1. The number of amides is 4. The van der Waals surface area contributed by atoms with Crippen molar-refractivity contribution in [3.05, 3.63) is 63.9 Å². The van der Waals surface area contributed by atoms with Gasteiger partial charge in [0.1, 0.15) is 11.4 Å². The Bertz CT molecular complexity index is 1230. The van der Waals surface area contributed by atoms with Crippen LogP contribution in [0, 0.1) is 24.6 Å². The fourth-order valence-corrected chi connectivity index (χ4v) is 5.53. The minimum Gasteiger partial charge on any atom is -0.370 e. The molecule has 0 radical (unpaired) electrons. The molecule has 3 aliphatic rings. The zero-order valence-electron chi connectivity index (χ0n) is 17.5. The zero-order chi connectivity index (χ0) is 23.7. The van der Waals surface area contributed by atoms with Gasteiger partial charge in [-0.1, -0.05) is 29.8 Å². The highest BCUT2D eigenvalue weighted by Crippen LogP contribution is 2.54. The van der Waals surface area contributed by atoms with Crippen LogP contribution in [-0.2, 0) is 31.3 Å². The summed E-state index contributed by atoms with van der Waals surface area (Å²) in [5.41, 5.74) is 6.06. The molecule has 4 atom stereocenters. The molecule has 2 fully saturated rings. The van der Waals surface area contributed by atoms with Crippen LogP contribution in [0.5, 0.6) is 0 Å². The molecule has 10 heteroatoms. The predicted molar refractivity (Wildman–Crippen MR) is 116 cm³/mol. The molecule has 0 aliphatic carbocycles. The normalized spacial score (nSPS) is 27.8. The number of hydrogen-bond acceptors (Lipinski definition) is 5. The third kappa shape index (κ3) is 2.99. The second-order valence-electron chi connectivity index (χ2n) is 8.67. The summed E-state index contributed by atoms with van der Waals surface area (Å²) in [6, 6.07) is 7.94. The predicted octanol–water partition coefficient (Wildman–Crippen LogP) is 1.58. The van der Waals surface area contributed by atoms with Crippen LogP contribution >= 0.6 is 11.6 Å². The molecule has 4 amide bonds. The van der Waals surface area contributed by atoms with Crippen LogP contribution in [0.4, 0.5) is 10.1 Å². The summed E-state index contributed by atoms with van der Waals surface area (Å²) < 4.78 is 13.3. The molecule has 170 valence electrons. The van der Waals surface area contributed by atoms with E-state index in [1.807, 2.05) is 0 Å². The maximum Gasteiger partial charge on any atom is 0.250 e. The number of likely N-dealkylation sites (tertiary alicyclic amines) is 1. The molecule has 4 N–H and O–H groups in total. The number of halogens is 2. The van der Waals surface area contributed by atoms with Crippen molar-refractivity contribution in [2.75, 3.05) is 5.32 Å². The number of hydrogen-bond donors (Lipinski definition) is 3. The summed E-state index contributed by atoms with van der Waals surface area (Å²) in [6.07, 6.45) is -0.221. The molecule has 33 heavy (non-hydrogen) atoms. The lowest BCUT2D eigenvalue weighted by molar-refractivity contribution is -0.143. The molecule has 0 bridgehead atoms. The van der Waals surface area contributed by atoms with E-state index in [1.165, 1.54) is 24.3 Å². The van der Waals surface area contributed by atoms with Gasteiger partial charge in [-0.05, 0) is 36.2 Å². The van der Waals surface area contributed by atoms with Gasteiger partial charge in [0.25, 0.3) is 0 Å². The Morgan fingerprint density at radius 3 is 2.52 bits per heavy atom. The smallest absolute Gasteiger partial charge is 0.250 e. The standard InChI is InChI=1S/C23H20ClFN4O4/c1-10-14(24)7-6-13-19(10)27-22(33)23(13)18-17(15(28-23)8-16(26)30)20(31)29(21(18)32)9-11-2-4-12(25)5-3-11/h2-7,15,17-18,28H,8-9H2,1H3,(H2,26,30)(H,27,33)/t15-,17-,18+,23+/m1/s1. The summed E-state index contributed by atoms with van der Waals surface area (Å²) in [5, 5.41) is 6.38. The quantitative estimate of drug-likeness (QED) is 0.586. The Morgan fingerprint density at radius 1 is 1.15 bits per heavy atom. The van der Waals surface area contributed by atoms with Crippen molar-refractivity contribution in [2.24, 2.45) is 17.6 Å². The maximum atomic E-state index is 13.6. The largest absolute Gasteiger partial charge is 0.370 e. The molecule has 2 saturated heterocycles. The number of rotatable bonds is 4. The van der Waals surface area contributed by atoms with E-state index in [4.69, 9.17) is 17.3 Å². The van der Waals surface area contributed by atoms with E-state index in [0.717, 1.165) is 4.90 Å². The first-order valence-electron chi connectivity index (χ1n) is 10.4. The summed E-state index contributed by atoms with van der Waals surface area (Å²) >= 11 is 6.23. The van der Waals surface area contributed by atoms with Crippen LogP contribution in [-0.4, -0.2) is 34.6 Å². The average Bonchev–Trinajstić information content (AvgIpc) is 3.33. The highest BCUT2D eigenvalue weighted by Gasteiger charge is 2.70. The number of imide groups is 1. The first kappa shape index (κ1) is 21.5. The first-order chi connectivity index (χ1) is 15.6. The van der Waals surface area contributed by atoms with Crippen molar-refractivity contribution in [2.45, 2.75) is 31.5 Å². The van der Waals surface area contributed by atoms with Gasteiger partial charge < -0.3 is 11.1 Å². The van der Waals surface area contributed by atoms with Gasteiger partial charge in [0, 0.05) is 23.0 Å². The van der Waals surface area contributed by atoms with E-state index in [-0.39, 0.29) is 13.0 Å².